The summed E-state index contributed by atoms with van der Waals surface area (Å²) in [4.78, 5) is 0. The molecule has 0 radical (unpaired) electrons. The summed E-state index contributed by atoms with van der Waals surface area (Å²) in [5.41, 5.74) is 3.79. The van der Waals surface area contributed by atoms with Crippen LogP contribution in [0.15, 0.2) is 52.5 Å². The zero-order valence-corrected chi connectivity index (χ0v) is 17.3. The van der Waals surface area contributed by atoms with E-state index in [0.717, 1.165) is 56.8 Å². The predicted octanol–water partition coefficient (Wildman–Crippen LogP) is 6.11. The Balaban J connectivity index is 1.65. The molecule has 2 nitrogen and oxygen atoms in total. The molecular weight excluding hydrogens is 424 g/mol. The lowest BCUT2D eigenvalue weighted by Crippen LogP contribution is -2.20. The Labute approximate surface area is 173 Å². The zero-order chi connectivity index (χ0) is 19.5. The molecule has 1 heterocycles. The van der Waals surface area contributed by atoms with Crippen LogP contribution in [0.1, 0.15) is 42.9 Å². The van der Waals surface area contributed by atoms with E-state index in [1.165, 1.54) is 17.2 Å². The van der Waals surface area contributed by atoms with E-state index >= 15 is 0 Å². The van der Waals surface area contributed by atoms with E-state index in [4.69, 9.17) is 4.74 Å². The predicted molar refractivity (Wildman–Crippen MR) is 110 cm³/mol. The van der Waals surface area contributed by atoms with E-state index in [1.54, 1.807) is 0 Å². The third kappa shape index (κ3) is 4.31. The molecule has 0 spiro atoms. The van der Waals surface area contributed by atoms with Gasteiger partial charge in [-0.15, -0.1) is 0 Å². The maximum Gasteiger partial charge on any atom is 0.170 e. The minimum absolute atomic E-state index is 0.0772. The highest BCUT2D eigenvalue weighted by atomic mass is 79.9. The highest BCUT2D eigenvalue weighted by Crippen LogP contribution is 2.43. The maximum absolute atomic E-state index is 14.4. The van der Waals surface area contributed by atoms with Crippen molar-refractivity contribution in [2.24, 2.45) is 5.92 Å². The van der Waals surface area contributed by atoms with Gasteiger partial charge in [-0.2, -0.15) is 0 Å². The van der Waals surface area contributed by atoms with Crippen LogP contribution in [-0.2, 0) is 6.42 Å². The molecule has 0 aromatic heterocycles. The number of ether oxygens (including phenoxy) is 1. The average molecular weight is 448 g/mol. The smallest absolute Gasteiger partial charge is 0.170 e. The second-order valence-electron chi connectivity index (χ2n) is 7.59. The third-order valence-electron chi connectivity index (χ3n) is 5.57. The molecule has 0 bridgehead atoms. The van der Waals surface area contributed by atoms with Crippen LogP contribution in [0.5, 0.6) is 5.75 Å². The quantitative estimate of drug-likeness (QED) is 0.573. The van der Waals surface area contributed by atoms with Gasteiger partial charge in [0, 0.05) is 12.0 Å². The van der Waals surface area contributed by atoms with E-state index in [-0.39, 0.29) is 17.8 Å². The largest absolute Gasteiger partial charge is 0.481 e. The molecule has 2 aliphatic rings. The molecule has 28 heavy (non-hydrogen) atoms. The van der Waals surface area contributed by atoms with E-state index in [2.05, 4.69) is 39.5 Å². The molecule has 1 aliphatic carbocycles. The van der Waals surface area contributed by atoms with Crippen molar-refractivity contribution >= 4 is 15.9 Å². The molecule has 2 atom stereocenters. The average Bonchev–Trinajstić information content (AvgIpc) is 2.97. The van der Waals surface area contributed by atoms with Gasteiger partial charge in [-0.1, -0.05) is 35.9 Å². The van der Waals surface area contributed by atoms with E-state index < -0.39 is 11.6 Å². The lowest BCUT2D eigenvalue weighted by atomic mass is 9.94. The molecule has 1 fully saturated rings. The summed E-state index contributed by atoms with van der Waals surface area (Å²) in [6, 6.07) is 10.3. The van der Waals surface area contributed by atoms with Crippen molar-refractivity contribution in [3.63, 3.8) is 0 Å². The van der Waals surface area contributed by atoms with Crippen LogP contribution in [-0.4, -0.2) is 13.1 Å². The summed E-state index contributed by atoms with van der Waals surface area (Å²) in [6.07, 6.45) is 7.39. The van der Waals surface area contributed by atoms with Gasteiger partial charge < -0.3 is 10.1 Å². The molecule has 0 amide bonds. The molecular formula is C23H24BrF2NO. The number of hydrogen-bond acceptors (Lipinski definition) is 2. The highest BCUT2D eigenvalue weighted by Gasteiger charge is 2.34. The summed E-state index contributed by atoms with van der Waals surface area (Å²) in [6.45, 7) is 2.10. The Kier molecular flexibility index (Phi) is 6.12. The van der Waals surface area contributed by atoms with Gasteiger partial charge in [0.05, 0.1) is 4.47 Å². The second-order valence-corrected chi connectivity index (χ2v) is 8.44. The molecule has 0 saturated carbocycles. The fourth-order valence-corrected chi connectivity index (χ4v) is 4.76. The van der Waals surface area contributed by atoms with Crippen LogP contribution < -0.4 is 10.1 Å². The van der Waals surface area contributed by atoms with Crippen molar-refractivity contribution in [1.29, 1.82) is 0 Å². The van der Waals surface area contributed by atoms with Gasteiger partial charge in [-0.25, -0.2) is 8.78 Å². The monoisotopic (exact) mass is 447 g/mol. The first-order chi connectivity index (χ1) is 13.6. The third-order valence-corrected chi connectivity index (χ3v) is 6.16. The molecule has 2 aromatic carbocycles. The highest BCUT2D eigenvalue weighted by molar-refractivity contribution is 9.10. The normalized spacial score (nSPS) is 22.3. The van der Waals surface area contributed by atoms with Crippen LogP contribution in [0.4, 0.5) is 8.78 Å². The zero-order valence-electron chi connectivity index (χ0n) is 15.7. The summed E-state index contributed by atoms with van der Waals surface area (Å²) >= 11 is 3.26. The lowest BCUT2D eigenvalue weighted by Gasteiger charge is -2.23. The van der Waals surface area contributed by atoms with Crippen LogP contribution >= 0.6 is 15.9 Å². The van der Waals surface area contributed by atoms with Crippen LogP contribution in [0.25, 0.3) is 0 Å². The number of allylic oxidation sites excluding steroid dienone is 1. The first-order valence-corrected chi connectivity index (χ1v) is 10.7. The van der Waals surface area contributed by atoms with Gasteiger partial charge >= 0.3 is 0 Å². The van der Waals surface area contributed by atoms with Crippen LogP contribution in [0.3, 0.4) is 0 Å². The van der Waals surface area contributed by atoms with Gasteiger partial charge in [0.25, 0.3) is 0 Å². The Hall–Kier alpha value is -1.72. The summed E-state index contributed by atoms with van der Waals surface area (Å²) in [5.74, 6) is -1.07. The van der Waals surface area contributed by atoms with Gasteiger partial charge in [0.1, 0.15) is 11.9 Å². The SMILES string of the molecule is Fc1cc(F)c(OC2c3ccccc3CC2C=C2CCCNCCC2)c(Br)c1. The minimum atomic E-state index is -0.681. The Morgan fingerprint density at radius 2 is 1.82 bits per heavy atom. The molecule has 2 aromatic rings. The van der Waals surface area contributed by atoms with Crippen molar-refractivity contribution in [2.45, 2.75) is 38.2 Å². The molecule has 148 valence electrons. The number of rotatable bonds is 3. The fourth-order valence-electron chi connectivity index (χ4n) is 4.26. The molecule has 1 N–H and O–H groups in total. The van der Waals surface area contributed by atoms with Crippen molar-refractivity contribution < 1.29 is 13.5 Å². The Bertz CT molecular complexity index is 850. The number of halogens is 3. The first kappa shape index (κ1) is 19.6. The summed E-state index contributed by atoms with van der Waals surface area (Å²) in [5, 5.41) is 3.44. The van der Waals surface area contributed by atoms with Crippen LogP contribution in [0, 0.1) is 17.6 Å². The molecule has 2 unspecified atom stereocenters. The van der Waals surface area contributed by atoms with E-state index in [0.29, 0.717) is 4.47 Å². The first-order valence-electron chi connectivity index (χ1n) is 9.91. The molecule has 1 aliphatic heterocycles. The molecule has 4 rings (SSSR count). The minimum Gasteiger partial charge on any atom is -0.481 e. The number of benzene rings is 2. The van der Waals surface area contributed by atoms with Gasteiger partial charge in [0.15, 0.2) is 11.6 Å². The Morgan fingerprint density at radius 3 is 2.57 bits per heavy atom. The Morgan fingerprint density at radius 1 is 1.07 bits per heavy atom. The van der Waals surface area contributed by atoms with Gasteiger partial charge in [0.2, 0.25) is 0 Å². The van der Waals surface area contributed by atoms with Crippen molar-refractivity contribution in [3.05, 3.63) is 75.3 Å². The number of fused-ring (bicyclic) bond motifs is 1. The standard InChI is InChI=1S/C23H24BrF2NO/c24-20-13-18(25)14-21(26)23(20)28-22-17(12-16-7-1-2-8-19(16)22)11-15-5-3-9-27-10-4-6-15/h1-2,7-8,11,13-14,17,22,27H,3-6,9-10,12H2. The van der Waals surface area contributed by atoms with Crippen molar-refractivity contribution in [2.75, 3.05) is 13.1 Å². The summed E-state index contributed by atoms with van der Waals surface area (Å²) in [7, 11) is 0. The molecule has 5 heteroatoms. The molecule has 1 saturated heterocycles. The van der Waals surface area contributed by atoms with Crippen LogP contribution in [0.2, 0.25) is 0 Å². The van der Waals surface area contributed by atoms with E-state index in [9.17, 15) is 8.78 Å². The summed E-state index contributed by atoms with van der Waals surface area (Å²) < 4.78 is 34.4. The van der Waals surface area contributed by atoms with E-state index in [1.807, 2.05) is 12.1 Å². The lowest BCUT2D eigenvalue weighted by molar-refractivity contribution is 0.163. The number of nitrogens with one attached hydrogen (secondary N) is 1. The van der Waals surface area contributed by atoms with Gasteiger partial charge in [-0.05, 0) is 78.3 Å². The topological polar surface area (TPSA) is 21.3 Å². The van der Waals surface area contributed by atoms with Crippen molar-refractivity contribution in [3.8, 4) is 5.75 Å². The maximum atomic E-state index is 14.4. The second kappa shape index (κ2) is 8.75. The van der Waals surface area contributed by atoms with Gasteiger partial charge in [-0.3, -0.25) is 0 Å². The number of hydrogen-bond donors (Lipinski definition) is 1. The van der Waals surface area contributed by atoms with Crippen molar-refractivity contribution in [1.82, 2.24) is 5.32 Å². The fraction of sp³-hybridized carbons (Fsp3) is 0.391.